The lowest BCUT2D eigenvalue weighted by Crippen LogP contribution is -2.62. The summed E-state index contributed by atoms with van der Waals surface area (Å²) in [6, 6.07) is 0. The number of rotatable bonds is 6. The molecule has 1 aliphatic heterocycles. The van der Waals surface area contributed by atoms with Gasteiger partial charge in [-0.1, -0.05) is 5.16 Å². The van der Waals surface area contributed by atoms with Crippen molar-refractivity contribution in [1.82, 2.24) is 0 Å². The Kier molecular flexibility index (Phi) is 7.97. The van der Waals surface area contributed by atoms with Crippen molar-refractivity contribution in [3.05, 3.63) is 0 Å². The van der Waals surface area contributed by atoms with Crippen molar-refractivity contribution in [3.63, 3.8) is 0 Å². The molecule has 146 valence electrons. The lowest BCUT2D eigenvalue weighted by atomic mass is 9.94. The van der Waals surface area contributed by atoms with Crippen molar-refractivity contribution in [1.29, 1.82) is 0 Å². The molecule has 0 unspecified atom stereocenters. The van der Waals surface area contributed by atoms with Gasteiger partial charge in [0, 0.05) is 27.7 Å². The standard InChI is InChI=1S/C15H21NO10/c1-7(17)22-6-12-14(24-9(3)19)15(25-10(4)20)13(23-8(2)18)11(26-12)5-16-21/h5,11-15,21H,6H2,1-4H3/b16-5+/t11-,12+,13-,14-,15+/m0/s1. The maximum Gasteiger partial charge on any atom is 0.303 e. The summed E-state index contributed by atoms with van der Waals surface area (Å²) < 4.78 is 25.9. The third-order valence-corrected chi connectivity index (χ3v) is 3.24. The molecule has 1 N–H and O–H groups in total. The van der Waals surface area contributed by atoms with Gasteiger partial charge >= 0.3 is 23.9 Å². The Balaban J connectivity index is 3.26. The molecular formula is C15H21NO10. The van der Waals surface area contributed by atoms with Crippen LogP contribution in [-0.4, -0.2) is 72.4 Å². The first-order valence-electron chi connectivity index (χ1n) is 7.63. The largest absolute Gasteiger partial charge is 0.463 e. The van der Waals surface area contributed by atoms with Gasteiger partial charge in [-0.2, -0.15) is 0 Å². The second-order valence-electron chi connectivity index (χ2n) is 5.43. The predicted octanol–water partition coefficient (Wildman–Crippen LogP) is -0.428. The van der Waals surface area contributed by atoms with Crippen molar-refractivity contribution in [2.24, 2.45) is 5.16 Å². The zero-order chi connectivity index (χ0) is 19.9. The first-order valence-corrected chi connectivity index (χ1v) is 7.63. The molecule has 11 nitrogen and oxygen atoms in total. The molecule has 1 heterocycles. The highest BCUT2D eigenvalue weighted by atomic mass is 16.7. The van der Waals surface area contributed by atoms with Crippen LogP contribution in [0.3, 0.4) is 0 Å². The van der Waals surface area contributed by atoms with E-state index in [2.05, 4.69) is 5.16 Å². The van der Waals surface area contributed by atoms with E-state index in [0.717, 1.165) is 27.0 Å². The van der Waals surface area contributed by atoms with Gasteiger partial charge in [-0.25, -0.2) is 0 Å². The van der Waals surface area contributed by atoms with Crippen LogP contribution in [0.25, 0.3) is 0 Å². The maximum atomic E-state index is 11.5. The van der Waals surface area contributed by atoms with Crippen LogP contribution < -0.4 is 0 Å². The molecule has 0 bridgehead atoms. The molecule has 1 saturated heterocycles. The highest BCUT2D eigenvalue weighted by Gasteiger charge is 2.51. The Hall–Kier alpha value is -2.69. The fourth-order valence-corrected chi connectivity index (χ4v) is 2.45. The molecule has 11 heteroatoms. The van der Waals surface area contributed by atoms with E-state index >= 15 is 0 Å². The third kappa shape index (κ3) is 6.31. The molecule has 5 atom stereocenters. The van der Waals surface area contributed by atoms with Crippen molar-refractivity contribution in [2.45, 2.75) is 58.2 Å². The van der Waals surface area contributed by atoms with Gasteiger partial charge in [0.05, 0.1) is 6.21 Å². The number of hydrogen-bond donors (Lipinski definition) is 1. The number of oxime groups is 1. The van der Waals surface area contributed by atoms with Gasteiger partial charge in [-0.3, -0.25) is 19.2 Å². The molecule has 0 aromatic rings. The summed E-state index contributed by atoms with van der Waals surface area (Å²) in [6.45, 7) is 4.18. The zero-order valence-corrected chi connectivity index (χ0v) is 14.7. The smallest absolute Gasteiger partial charge is 0.303 e. The molecule has 1 rings (SSSR count). The van der Waals surface area contributed by atoms with Crippen LogP contribution in [0.5, 0.6) is 0 Å². The molecule has 0 radical (unpaired) electrons. The summed E-state index contributed by atoms with van der Waals surface area (Å²) >= 11 is 0. The minimum Gasteiger partial charge on any atom is -0.463 e. The lowest BCUT2D eigenvalue weighted by molar-refractivity contribution is -0.240. The van der Waals surface area contributed by atoms with E-state index in [-0.39, 0.29) is 6.61 Å². The van der Waals surface area contributed by atoms with Gasteiger partial charge in [-0.05, 0) is 0 Å². The Morgan fingerprint density at radius 3 is 1.85 bits per heavy atom. The molecule has 1 aliphatic rings. The molecular weight excluding hydrogens is 354 g/mol. The Bertz CT molecular complexity index is 575. The van der Waals surface area contributed by atoms with Crippen molar-refractivity contribution in [2.75, 3.05) is 6.61 Å². The predicted molar refractivity (Wildman–Crippen MR) is 82.2 cm³/mol. The van der Waals surface area contributed by atoms with Crippen molar-refractivity contribution in [3.8, 4) is 0 Å². The molecule has 26 heavy (non-hydrogen) atoms. The van der Waals surface area contributed by atoms with Gasteiger partial charge in [0.25, 0.3) is 0 Å². The van der Waals surface area contributed by atoms with Gasteiger partial charge in [0.15, 0.2) is 18.3 Å². The van der Waals surface area contributed by atoms with Crippen molar-refractivity contribution < 1.29 is 48.1 Å². The minimum absolute atomic E-state index is 0.340. The molecule has 0 aliphatic carbocycles. The van der Waals surface area contributed by atoms with Gasteiger partial charge < -0.3 is 28.9 Å². The quantitative estimate of drug-likeness (QED) is 0.213. The van der Waals surface area contributed by atoms with Crippen LogP contribution in [0.15, 0.2) is 5.16 Å². The van der Waals surface area contributed by atoms with E-state index in [4.69, 9.17) is 28.9 Å². The van der Waals surface area contributed by atoms with E-state index in [1.54, 1.807) is 0 Å². The first-order chi connectivity index (χ1) is 12.1. The Morgan fingerprint density at radius 1 is 0.885 bits per heavy atom. The monoisotopic (exact) mass is 375 g/mol. The van der Waals surface area contributed by atoms with Crippen LogP contribution in [0.1, 0.15) is 27.7 Å². The number of hydrogen-bond acceptors (Lipinski definition) is 11. The summed E-state index contributed by atoms with van der Waals surface area (Å²) in [5, 5.41) is 11.7. The maximum absolute atomic E-state index is 11.5. The minimum atomic E-state index is -1.28. The fraction of sp³-hybridized carbons (Fsp3) is 0.667. The summed E-state index contributed by atoms with van der Waals surface area (Å²) in [6.07, 6.45) is -5.08. The summed E-state index contributed by atoms with van der Waals surface area (Å²) in [7, 11) is 0. The lowest BCUT2D eigenvalue weighted by Gasteiger charge is -2.43. The van der Waals surface area contributed by atoms with Gasteiger partial charge in [0.1, 0.15) is 18.8 Å². The Labute approximate surface area is 149 Å². The number of carbonyl (C=O) groups is 4. The normalized spacial score (nSPS) is 28.2. The molecule has 0 spiro atoms. The van der Waals surface area contributed by atoms with E-state index in [0.29, 0.717) is 0 Å². The summed E-state index contributed by atoms with van der Waals surface area (Å²) in [5.74, 6) is -2.81. The topological polar surface area (TPSA) is 147 Å². The van der Waals surface area contributed by atoms with Crippen LogP contribution in [-0.2, 0) is 42.9 Å². The van der Waals surface area contributed by atoms with E-state index < -0.39 is 54.4 Å². The van der Waals surface area contributed by atoms with Crippen LogP contribution in [0.4, 0.5) is 0 Å². The summed E-state index contributed by atoms with van der Waals surface area (Å²) in [4.78, 5) is 45.5. The molecule has 1 fully saturated rings. The van der Waals surface area contributed by atoms with Crippen LogP contribution in [0.2, 0.25) is 0 Å². The molecule has 0 saturated carbocycles. The second-order valence-corrected chi connectivity index (χ2v) is 5.43. The molecule has 0 aromatic carbocycles. The van der Waals surface area contributed by atoms with E-state index in [1.807, 2.05) is 0 Å². The number of esters is 4. The first kappa shape index (κ1) is 21.4. The van der Waals surface area contributed by atoms with Gasteiger partial charge in [-0.15, -0.1) is 0 Å². The highest BCUT2D eigenvalue weighted by molar-refractivity contribution is 5.70. The van der Waals surface area contributed by atoms with Crippen LogP contribution in [0, 0.1) is 0 Å². The summed E-state index contributed by atoms with van der Waals surface area (Å²) in [5.41, 5.74) is 0. The van der Waals surface area contributed by atoms with Crippen molar-refractivity contribution >= 4 is 30.1 Å². The third-order valence-electron chi connectivity index (χ3n) is 3.24. The van der Waals surface area contributed by atoms with E-state index in [9.17, 15) is 19.2 Å². The number of ether oxygens (including phenoxy) is 5. The number of nitrogens with zero attached hydrogens (tertiary/aromatic N) is 1. The molecule has 0 aromatic heterocycles. The molecule has 0 amide bonds. The SMILES string of the molecule is CC(=O)OC[C@H]1O[C@@H](/C=N/O)[C@H](OC(C)=O)[C@@H](OC(C)=O)[C@H]1OC(C)=O. The van der Waals surface area contributed by atoms with Crippen LogP contribution >= 0.6 is 0 Å². The highest BCUT2D eigenvalue weighted by Crippen LogP contribution is 2.28. The van der Waals surface area contributed by atoms with E-state index in [1.165, 1.54) is 6.92 Å². The fourth-order valence-electron chi connectivity index (χ4n) is 2.45. The zero-order valence-electron chi connectivity index (χ0n) is 14.7. The average molecular weight is 375 g/mol. The second kappa shape index (κ2) is 9.70. The number of carbonyl (C=O) groups excluding carboxylic acids is 4. The Morgan fingerprint density at radius 2 is 1.38 bits per heavy atom. The average Bonchev–Trinajstić information content (AvgIpc) is 2.50. The van der Waals surface area contributed by atoms with Gasteiger partial charge in [0.2, 0.25) is 0 Å².